The standard InChI is InChI=1S/C14H19BrFNO2S/c1-11-10-12(16)6-7-14(11)20(18,19)17(9-3-8-15)13-4-2-5-13/h6-7,10,13H,2-5,8-9H2,1H3. The van der Waals surface area contributed by atoms with Gasteiger partial charge in [0, 0.05) is 17.9 Å². The quantitative estimate of drug-likeness (QED) is 0.725. The van der Waals surface area contributed by atoms with Crippen LogP contribution in [-0.2, 0) is 10.0 Å². The lowest BCUT2D eigenvalue weighted by atomic mass is 9.93. The summed E-state index contributed by atoms with van der Waals surface area (Å²) in [4.78, 5) is 0.223. The number of sulfonamides is 1. The van der Waals surface area contributed by atoms with Crippen molar-refractivity contribution < 1.29 is 12.8 Å². The van der Waals surface area contributed by atoms with E-state index in [-0.39, 0.29) is 10.9 Å². The normalized spacial score (nSPS) is 16.4. The minimum atomic E-state index is -3.53. The molecule has 0 amide bonds. The van der Waals surface area contributed by atoms with Crippen molar-refractivity contribution in [3.63, 3.8) is 0 Å². The highest BCUT2D eigenvalue weighted by Gasteiger charge is 2.35. The average Bonchev–Trinajstić information content (AvgIpc) is 2.31. The minimum Gasteiger partial charge on any atom is -0.207 e. The Balaban J connectivity index is 2.33. The second kappa shape index (κ2) is 6.54. The van der Waals surface area contributed by atoms with Crippen LogP contribution in [0.3, 0.4) is 0 Å². The lowest BCUT2D eigenvalue weighted by Crippen LogP contribution is -2.44. The van der Waals surface area contributed by atoms with E-state index in [1.807, 2.05) is 0 Å². The van der Waals surface area contributed by atoms with E-state index in [1.54, 1.807) is 11.2 Å². The van der Waals surface area contributed by atoms with Crippen molar-refractivity contribution in [2.24, 2.45) is 0 Å². The summed E-state index contributed by atoms with van der Waals surface area (Å²) >= 11 is 3.34. The van der Waals surface area contributed by atoms with Gasteiger partial charge in [0.05, 0.1) is 4.90 Å². The van der Waals surface area contributed by atoms with Gasteiger partial charge in [-0.15, -0.1) is 0 Å². The summed E-state index contributed by atoms with van der Waals surface area (Å²) in [6.45, 7) is 2.15. The number of hydrogen-bond donors (Lipinski definition) is 0. The minimum absolute atomic E-state index is 0.100. The van der Waals surface area contributed by atoms with Crippen LogP contribution in [0.4, 0.5) is 4.39 Å². The number of rotatable bonds is 6. The van der Waals surface area contributed by atoms with Crippen LogP contribution in [0.15, 0.2) is 23.1 Å². The van der Waals surface area contributed by atoms with Gasteiger partial charge in [0.1, 0.15) is 5.82 Å². The molecule has 6 heteroatoms. The lowest BCUT2D eigenvalue weighted by molar-refractivity contribution is 0.220. The van der Waals surface area contributed by atoms with Crippen LogP contribution in [0.25, 0.3) is 0 Å². The summed E-state index contributed by atoms with van der Waals surface area (Å²) in [5.74, 6) is -0.405. The van der Waals surface area contributed by atoms with Crippen molar-refractivity contribution in [3.05, 3.63) is 29.6 Å². The van der Waals surface area contributed by atoms with Crippen molar-refractivity contribution in [1.29, 1.82) is 0 Å². The first-order valence-corrected chi connectivity index (χ1v) is 9.37. The van der Waals surface area contributed by atoms with E-state index in [4.69, 9.17) is 0 Å². The molecule has 0 atom stereocenters. The molecule has 2 rings (SSSR count). The first-order valence-electron chi connectivity index (χ1n) is 6.81. The number of hydrogen-bond acceptors (Lipinski definition) is 2. The van der Waals surface area contributed by atoms with Crippen molar-refractivity contribution >= 4 is 26.0 Å². The number of nitrogens with zero attached hydrogens (tertiary/aromatic N) is 1. The number of halogens is 2. The zero-order valence-corrected chi connectivity index (χ0v) is 13.9. The van der Waals surface area contributed by atoms with Crippen molar-refractivity contribution in [3.8, 4) is 0 Å². The molecule has 1 aliphatic carbocycles. The number of benzene rings is 1. The van der Waals surface area contributed by atoms with Gasteiger partial charge >= 0.3 is 0 Å². The van der Waals surface area contributed by atoms with Gasteiger partial charge in [-0.05, 0) is 49.9 Å². The van der Waals surface area contributed by atoms with Crippen LogP contribution in [0.2, 0.25) is 0 Å². The Morgan fingerprint density at radius 2 is 2.10 bits per heavy atom. The van der Waals surface area contributed by atoms with E-state index >= 15 is 0 Å². The largest absolute Gasteiger partial charge is 0.243 e. The predicted molar refractivity (Wildman–Crippen MR) is 81.1 cm³/mol. The molecule has 0 aromatic heterocycles. The van der Waals surface area contributed by atoms with E-state index < -0.39 is 15.8 Å². The molecular formula is C14H19BrFNO2S. The fraction of sp³-hybridized carbons (Fsp3) is 0.571. The van der Waals surface area contributed by atoms with E-state index in [0.717, 1.165) is 31.0 Å². The van der Waals surface area contributed by atoms with Crippen LogP contribution >= 0.6 is 15.9 Å². The third kappa shape index (κ3) is 3.23. The second-order valence-corrected chi connectivity index (χ2v) is 7.80. The van der Waals surface area contributed by atoms with Crippen LogP contribution in [0, 0.1) is 12.7 Å². The van der Waals surface area contributed by atoms with Crippen molar-refractivity contribution in [2.75, 3.05) is 11.9 Å². The summed E-state index contributed by atoms with van der Waals surface area (Å²) in [6, 6.07) is 3.96. The van der Waals surface area contributed by atoms with Crippen LogP contribution in [0.5, 0.6) is 0 Å². The summed E-state index contributed by atoms with van der Waals surface area (Å²) < 4.78 is 40.3. The molecule has 1 saturated carbocycles. The Hall–Kier alpha value is -0.460. The highest BCUT2D eigenvalue weighted by Crippen LogP contribution is 2.31. The van der Waals surface area contributed by atoms with Crippen LogP contribution < -0.4 is 0 Å². The second-order valence-electron chi connectivity index (χ2n) is 5.15. The maximum Gasteiger partial charge on any atom is 0.243 e. The molecule has 0 heterocycles. The number of aryl methyl sites for hydroxylation is 1. The Bertz CT molecular complexity index is 573. The third-order valence-corrected chi connectivity index (χ3v) is 6.39. The highest BCUT2D eigenvalue weighted by atomic mass is 79.9. The lowest BCUT2D eigenvalue weighted by Gasteiger charge is -2.36. The predicted octanol–water partition coefficient (Wildman–Crippen LogP) is 3.46. The fourth-order valence-corrected chi connectivity index (χ4v) is 4.60. The molecule has 0 spiro atoms. The van der Waals surface area contributed by atoms with E-state index in [1.165, 1.54) is 18.2 Å². The van der Waals surface area contributed by atoms with Crippen LogP contribution in [-0.4, -0.2) is 30.6 Å². The Kier molecular flexibility index (Phi) is 5.20. The van der Waals surface area contributed by atoms with E-state index in [9.17, 15) is 12.8 Å². The van der Waals surface area contributed by atoms with Gasteiger partial charge in [-0.2, -0.15) is 4.31 Å². The number of alkyl halides is 1. The van der Waals surface area contributed by atoms with Crippen molar-refractivity contribution in [2.45, 2.75) is 43.5 Å². The summed E-state index contributed by atoms with van der Waals surface area (Å²) in [7, 11) is -3.53. The molecule has 0 unspecified atom stereocenters. The van der Waals surface area contributed by atoms with E-state index in [0.29, 0.717) is 12.1 Å². The zero-order chi connectivity index (χ0) is 14.8. The molecular weight excluding hydrogens is 345 g/mol. The Labute approximate surface area is 128 Å². The smallest absolute Gasteiger partial charge is 0.207 e. The van der Waals surface area contributed by atoms with Gasteiger partial charge in [-0.3, -0.25) is 0 Å². The Morgan fingerprint density at radius 3 is 2.60 bits per heavy atom. The van der Waals surface area contributed by atoms with Crippen LogP contribution in [0.1, 0.15) is 31.2 Å². The summed E-state index contributed by atoms with van der Waals surface area (Å²) in [5, 5.41) is 0.772. The first kappa shape index (κ1) is 15.9. The molecule has 20 heavy (non-hydrogen) atoms. The first-order chi connectivity index (χ1) is 9.46. The molecule has 0 saturated heterocycles. The molecule has 0 bridgehead atoms. The summed E-state index contributed by atoms with van der Waals surface area (Å²) in [6.07, 6.45) is 3.69. The van der Waals surface area contributed by atoms with Gasteiger partial charge in [-0.1, -0.05) is 22.4 Å². The molecule has 0 aliphatic heterocycles. The molecule has 112 valence electrons. The summed E-state index contributed by atoms with van der Waals surface area (Å²) in [5.41, 5.74) is 0.466. The molecule has 1 aliphatic rings. The highest BCUT2D eigenvalue weighted by molar-refractivity contribution is 9.09. The van der Waals surface area contributed by atoms with E-state index in [2.05, 4.69) is 15.9 Å². The average molecular weight is 364 g/mol. The molecule has 0 radical (unpaired) electrons. The van der Waals surface area contributed by atoms with Gasteiger partial charge in [-0.25, -0.2) is 12.8 Å². The van der Waals surface area contributed by atoms with Gasteiger partial charge in [0.15, 0.2) is 0 Å². The third-order valence-electron chi connectivity index (χ3n) is 3.72. The van der Waals surface area contributed by atoms with Gasteiger partial charge < -0.3 is 0 Å². The maximum atomic E-state index is 13.2. The van der Waals surface area contributed by atoms with Gasteiger partial charge in [0.25, 0.3) is 0 Å². The monoisotopic (exact) mass is 363 g/mol. The maximum absolute atomic E-state index is 13.2. The molecule has 1 fully saturated rings. The molecule has 0 N–H and O–H groups in total. The Morgan fingerprint density at radius 1 is 1.40 bits per heavy atom. The zero-order valence-electron chi connectivity index (χ0n) is 11.5. The topological polar surface area (TPSA) is 37.4 Å². The van der Waals surface area contributed by atoms with Gasteiger partial charge in [0.2, 0.25) is 10.0 Å². The molecule has 3 nitrogen and oxygen atoms in total. The molecule has 1 aromatic rings. The fourth-order valence-electron chi connectivity index (χ4n) is 2.42. The SMILES string of the molecule is Cc1cc(F)ccc1S(=O)(=O)N(CCCBr)C1CCC1. The van der Waals surface area contributed by atoms with Crippen molar-refractivity contribution in [1.82, 2.24) is 4.31 Å². The molecule has 1 aromatic carbocycles.